The van der Waals surface area contributed by atoms with Crippen LogP contribution in [0.25, 0.3) is 9.88 Å². The molecule has 1 aliphatic rings. The fourth-order valence-corrected chi connectivity index (χ4v) is 5.38. The van der Waals surface area contributed by atoms with Crippen LogP contribution in [0.2, 0.25) is 0 Å². The van der Waals surface area contributed by atoms with Crippen molar-refractivity contribution in [2.45, 2.75) is 13.3 Å². The Kier molecular flexibility index (Phi) is 5.05. The van der Waals surface area contributed by atoms with Gasteiger partial charge in [-0.25, -0.2) is 17.7 Å². The van der Waals surface area contributed by atoms with Crippen LogP contribution in [-0.2, 0) is 10.0 Å². The van der Waals surface area contributed by atoms with Crippen LogP contribution in [-0.4, -0.2) is 60.9 Å². The number of sulfonamides is 1. The number of hydrogen-bond donors (Lipinski definition) is 0. The number of amides is 1. The van der Waals surface area contributed by atoms with E-state index in [1.807, 2.05) is 24.4 Å². The van der Waals surface area contributed by atoms with E-state index < -0.39 is 10.0 Å². The predicted molar refractivity (Wildman–Crippen MR) is 97.1 cm³/mol. The molecule has 2 aromatic heterocycles. The minimum Gasteiger partial charge on any atom is -0.337 e. The molecule has 0 aliphatic carbocycles. The average Bonchev–Trinajstić information content (AvgIpc) is 3.09. The van der Waals surface area contributed by atoms with E-state index in [4.69, 9.17) is 0 Å². The molecule has 3 heterocycles. The number of nitrogens with zero attached hydrogens (tertiary/aromatic N) is 3. The standard InChI is InChI=1S/C15H19N3O3S3/c1-11-13(23-14(16-11)12-5-3-10-22-12)15(19)17-6-4-7-18(9-8-17)24(2,20)21/h3,5,10H,4,6-9H2,1-2H3. The molecule has 9 heteroatoms. The lowest BCUT2D eigenvalue weighted by Crippen LogP contribution is -2.36. The molecule has 0 atom stereocenters. The summed E-state index contributed by atoms with van der Waals surface area (Å²) in [6, 6.07) is 3.96. The number of rotatable bonds is 3. The normalized spacial score (nSPS) is 17.0. The molecule has 6 nitrogen and oxygen atoms in total. The Morgan fingerprint density at radius 1 is 1.25 bits per heavy atom. The van der Waals surface area contributed by atoms with Gasteiger partial charge in [0, 0.05) is 26.2 Å². The summed E-state index contributed by atoms with van der Waals surface area (Å²) in [7, 11) is -3.21. The molecule has 0 bridgehead atoms. The van der Waals surface area contributed by atoms with Gasteiger partial charge in [0.25, 0.3) is 5.91 Å². The molecule has 0 unspecified atom stereocenters. The lowest BCUT2D eigenvalue weighted by atomic mass is 10.3. The molecule has 2 aromatic rings. The molecule has 0 radical (unpaired) electrons. The van der Waals surface area contributed by atoms with Gasteiger partial charge >= 0.3 is 0 Å². The Morgan fingerprint density at radius 3 is 2.71 bits per heavy atom. The Labute approximate surface area is 149 Å². The van der Waals surface area contributed by atoms with Gasteiger partial charge in [0.15, 0.2) is 0 Å². The maximum atomic E-state index is 12.8. The molecule has 1 amide bonds. The number of thiophene rings is 1. The third kappa shape index (κ3) is 3.69. The van der Waals surface area contributed by atoms with E-state index in [2.05, 4.69) is 4.98 Å². The second-order valence-corrected chi connectivity index (χ2v) is 9.65. The molecular weight excluding hydrogens is 366 g/mol. The van der Waals surface area contributed by atoms with Crippen LogP contribution in [0.3, 0.4) is 0 Å². The molecule has 3 rings (SSSR count). The van der Waals surface area contributed by atoms with Gasteiger partial charge in [-0.05, 0) is 24.8 Å². The second kappa shape index (κ2) is 6.91. The first-order valence-corrected chi connectivity index (χ1v) is 11.2. The topological polar surface area (TPSA) is 70.6 Å². The highest BCUT2D eigenvalue weighted by molar-refractivity contribution is 7.88. The Bertz CT molecular complexity index is 828. The van der Waals surface area contributed by atoms with Crippen LogP contribution in [0.4, 0.5) is 0 Å². The second-order valence-electron chi connectivity index (χ2n) is 5.72. The van der Waals surface area contributed by atoms with Gasteiger partial charge in [0.05, 0.1) is 16.8 Å². The minimum absolute atomic E-state index is 0.0526. The molecule has 1 aliphatic heterocycles. The molecule has 1 fully saturated rings. The van der Waals surface area contributed by atoms with Crippen molar-refractivity contribution >= 4 is 38.6 Å². The highest BCUT2D eigenvalue weighted by Gasteiger charge is 2.27. The SMILES string of the molecule is Cc1nc(-c2cccs2)sc1C(=O)N1CCCN(S(C)(=O)=O)CC1. The van der Waals surface area contributed by atoms with E-state index in [1.54, 1.807) is 16.2 Å². The molecule has 130 valence electrons. The lowest BCUT2D eigenvalue weighted by Gasteiger charge is -2.20. The number of carbonyl (C=O) groups is 1. The summed E-state index contributed by atoms with van der Waals surface area (Å²) in [5, 5.41) is 2.85. The monoisotopic (exact) mass is 385 g/mol. The quantitative estimate of drug-likeness (QED) is 0.813. The van der Waals surface area contributed by atoms with Gasteiger partial charge in [-0.3, -0.25) is 4.79 Å². The van der Waals surface area contributed by atoms with E-state index in [0.29, 0.717) is 37.5 Å². The minimum atomic E-state index is -3.21. The number of aryl methyl sites for hydroxylation is 1. The van der Waals surface area contributed by atoms with Crippen LogP contribution in [0.5, 0.6) is 0 Å². The molecule has 0 aromatic carbocycles. The maximum absolute atomic E-state index is 12.8. The van der Waals surface area contributed by atoms with Crippen molar-refractivity contribution < 1.29 is 13.2 Å². The van der Waals surface area contributed by atoms with Crippen molar-refractivity contribution in [3.8, 4) is 9.88 Å². The highest BCUT2D eigenvalue weighted by Crippen LogP contribution is 2.31. The Hall–Kier alpha value is -1.29. The number of hydrogen-bond acceptors (Lipinski definition) is 6. The summed E-state index contributed by atoms with van der Waals surface area (Å²) >= 11 is 3.01. The summed E-state index contributed by atoms with van der Waals surface area (Å²) in [5.74, 6) is -0.0526. The van der Waals surface area contributed by atoms with Crippen molar-refractivity contribution in [2.75, 3.05) is 32.4 Å². The molecule has 0 saturated carbocycles. The fourth-order valence-electron chi connectivity index (χ4n) is 2.67. The van der Waals surface area contributed by atoms with Crippen molar-refractivity contribution in [1.82, 2.24) is 14.2 Å². The zero-order valence-electron chi connectivity index (χ0n) is 13.6. The molecule has 0 spiro atoms. The van der Waals surface area contributed by atoms with Crippen LogP contribution >= 0.6 is 22.7 Å². The van der Waals surface area contributed by atoms with Gasteiger partial charge in [0.2, 0.25) is 10.0 Å². The summed E-state index contributed by atoms with van der Waals surface area (Å²) in [5.41, 5.74) is 0.734. The first-order valence-electron chi connectivity index (χ1n) is 7.62. The van der Waals surface area contributed by atoms with Crippen molar-refractivity contribution in [3.05, 3.63) is 28.1 Å². The smallest absolute Gasteiger partial charge is 0.265 e. The van der Waals surface area contributed by atoms with Crippen LogP contribution in [0.1, 0.15) is 21.8 Å². The number of aromatic nitrogens is 1. The first-order chi connectivity index (χ1) is 11.4. The third-order valence-corrected chi connectivity index (χ3v) is 7.42. The summed E-state index contributed by atoms with van der Waals surface area (Å²) in [6.45, 7) is 3.64. The zero-order valence-corrected chi connectivity index (χ0v) is 16.0. The number of carbonyl (C=O) groups excluding carboxylic acids is 1. The highest BCUT2D eigenvalue weighted by atomic mass is 32.2. The average molecular weight is 386 g/mol. The number of thiazole rings is 1. The van der Waals surface area contributed by atoms with Crippen LogP contribution in [0, 0.1) is 6.92 Å². The largest absolute Gasteiger partial charge is 0.337 e. The molecular formula is C15H19N3O3S3. The lowest BCUT2D eigenvalue weighted by molar-refractivity contribution is 0.0768. The summed E-state index contributed by atoms with van der Waals surface area (Å²) in [4.78, 5) is 20.8. The maximum Gasteiger partial charge on any atom is 0.265 e. The van der Waals surface area contributed by atoms with Crippen LogP contribution in [0.15, 0.2) is 17.5 Å². The van der Waals surface area contributed by atoms with E-state index in [-0.39, 0.29) is 5.91 Å². The van der Waals surface area contributed by atoms with E-state index in [9.17, 15) is 13.2 Å². The Morgan fingerprint density at radius 2 is 2.04 bits per heavy atom. The predicted octanol–water partition coefficient (Wildman–Crippen LogP) is 2.29. The summed E-state index contributed by atoms with van der Waals surface area (Å²) in [6.07, 6.45) is 1.86. The van der Waals surface area contributed by atoms with E-state index in [1.165, 1.54) is 21.9 Å². The fraction of sp³-hybridized carbons (Fsp3) is 0.467. The van der Waals surface area contributed by atoms with Gasteiger partial charge in [-0.2, -0.15) is 0 Å². The molecule has 24 heavy (non-hydrogen) atoms. The van der Waals surface area contributed by atoms with Gasteiger partial charge in [-0.1, -0.05) is 6.07 Å². The van der Waals surface area contributed by atoms with Crippen LogP contribution < -0.4 is 0 Å². The first kappa shape index (κ1) is 17.5. The van der Waals surface area contributed by atoms with Crippen molar-refractivity contribution in [3.63, 3.8) is 0 Å². The van der Waals surface area contributed by atoms with Gasteiger partial charge in [-0.15, -0.1) is 22.7 Å². The zero-order chi connectivity index (χ0) is 17.3. The van der Waals surface area contributed by atoms with Crippen molar-refractivity contribution in [1.29, 1.82) is 0 Å². The third-order valence-electron chi connectivity index (χ3n) is 3.93. The Balaban J connectivity index is 1.77. The van der Waals surface area contributed by atoms with Gasteiger partial charge in [0.1, 0.15) is 9.88 Å². The van der Waals surface area contributed by atoms with Gasteiger partial charge < -0.3 is 4.90 Å². The summed E-state index contributed by atoms with van der Waals surface area (Å²) < 4.78 is 24.8. The van der Waals surface area contributed by atoms with E-state index >= 15 is 0 Å². The molecule has 1 saturated heterocycles. The van der Waals surface area contributed by atoms with E-state index in [0.717, 1.165) is 15.6 Å². The molecule has 0 N–H and O–H groups in total. The van der Waals surface area contributed by atoms with Crippen molar-refractivity contribution in [2.24, 2.45) is 0 Å².